The van der Waals surface area contributed by atoms with E-state index in [1.54, 1.807) is 13.8 Å². The Morgan fingerprint density at radius 3 is 1.90 bits per heavy atom. The van der Waals surface area contributed by atoms with Crippen LogP contribution in [0.4, 0.5) is 4.79 Å². The molecule has 1 unspecified atom stereocenters. The molecule has 3 N–H and O–H groups in total. The Hall–Kier alpha value is -1.35. The SMILES string of the molecule is CC(C)CC(C)(C(=O)O)N(C(=O)OC(C)(C)C)S(N)(=O)=O. The molecule has 124 valence electrons. The van der Waals surface area contributed by atoms with Crippen molar-refractivity contribution in [2.45, 2.75) is 59.1 Å². The van der Waals surface area contributed by atoms with E-state index in [-0.39, 0.29) is 16.6 Å². The van der Waals surface area contributed by atoms with Gasteiger partial charge in [-0.3, -0.25) is 0 Å². The van der Waals surface area contributed by atoms with Crippen LogP contribution < -0.4 is 5.14 Å². The van der Waals surface area contributed by atoms with Crippen molar-refractivity contribution >= 4 is 22.3 Å². The van der Waals surface area contributed by atoms with Gasteiger partial charge in [-0.2, -0.15) is 12.7 Å². The first kappa shape index (κ1) is 19.7. The smallest absolute Gasteiger partial charge is 0.426 e. The Balaban J connectivity index is 5.91. The van der Waals surface area contributed by atoms with Crippen LogP contribution in [0, 0.1) is 5.92 Å². The van der Waals surface area contributed by atoms with Crippen molar-refractivity contribution < 1.29 is 27.9 Å². The molecule has 0 rings (SSSR count). The Morgan fingerprint density at radius 1 is 1.24 bits per heavy atom. The average molecular weight is 324 g/mol. The fraction of sp³-hybridized carbons (Fsp3) is 0.833. The van der Waals surface area contributed by atoms with Crippen LogP contribution in [-0.2, 0) is 19.7 Å². The predicted octanol–water partition coefficient (Wildman–Crippen LogP) is 1.32. The summed E-state index contributed by atoms with van der Waals surface area (Å²) in [6.07, 6.45) is -1.41. The maximum atomic E-state index is 12.1. The highest BCUT2D eigenvalue weighted by Crippen LogP contribution is 2.28. The van der Waals surface area contributed by atoms with Crippen molar-refractivity contribution in [3.05, 3.63) is 0 Å². The van der Waals surface area contributed by atoms with E-state index in [0.717, 1.165) is 6.92 Å². The van der Waals surface area contributed by atoms with Crippen LogP contribution in [0.1, 0.15) is 48.0 Å². The van der Waals surface area contributed by atoms with Gasteiger partial charge in [0, 0.05) is 0 Å². The Labute approximate surface area is 125 Å². The van der Waals surface area contributed by atoms with E-state index < -0.39 is 33.4 Å². The summed E-state index contributed by atoms with van der Waals surface area (Å²) in [4.78, 5) is 23.7. The lowest BCUT2D eigenvalue weighted by Gasteiger charge is -2.37. The number of nitrogens with two attached hydrogens (primary N) is 1. The first-order chi connectivity index (χ1) is 9.11. The van der Waals surface area contributed by atoms with E-state index in [1.165, 1.54) is 20.8 Å². The number of hydrogen-bond acceptors (Lipinski definition) is 5. The molecule has 8 nitrogen and oxygen atoms in total. The van der Waals surface area contributed by atoms with Crippen LogP contribution in [0.25, 0.3) is 0 Å². The third-order valence-electron chi connectivity index (χ3n) is 2.53. The van der Waals surface area contributed by atoms with Crippen LogP contribution in [0.2, 0.25) is 0 Å². The van der Waals surface area contributed by atoms with Crippen LogP contribution in [0.5, 0.6) is 0 Å². The molecule has 1 amide bonds. The molecule has 0 saturated heterocycles. The van der Waals surface area contributed by atoms with Crippen molar-refractivity contribution in [1.82, 2.24) is 4.31 Å². The summed E-state index contributed by atoms with van der Waals surface area (Å²) >= 11 is 0. The molecule has 0 heterocycles. The number of carboxylic acid groups (broad SMARTS) is 1. The zero-order chi connectivity index (χ0) is 17.2. The van der Waals surface area contributed by atoms with Gasteiger partial charge in [0.1, 0.15) is 5.60 Å². The molecule has 1 atom stereocenters. The van der Waals surface area contributed by atoms with Gasteiger partial charge in [-0.25, -0.2) is 14.7 Å². The minimum Gasteiger partial charge on any atom is -0.479 e. The average Bonchev–Trinajstić information content (AvgIpc) is 2.09. The summed E-state index contributed by atoms with van der Waals surface area (Å²) in [6, 6.07) is 0. The van der Waals surface area contributed by atoms with E-state index in [9.17, 15) is 23.1 Å². The number of ether oxygens (including phenoxy) is 1. The summed E-state index contributed by atoms with van der Waals surface area (Å²) < 4.78 is 28.5. The first-order valence-electron chi connectivity index (χ1n) is 6.41. The van der Waals surface area contributed by atoms with Crippen LogP contribution in [0.15, 0.2) is 0 Å². The highest BCUT2D eigenvalue weighted by Gasteiger charge is 2.50. The highest BCUT2D eigenvalue weighted by molar-refractivity contribution is 7.87. The summed E-state index contributed by atoms with van der Waals surface area (Å²) in [5.74, 6) is -1.66. The van der Waals surface area contributed by atoms with Crippen molar-refractivity contribution in [2.24, 2.45) is 11.1 Å². The molecule has 0 bridgehead atoms. The molecule has 0 spiro atoms. The normalized spacial score (nSPS) is 15.4. The van der Waals surface area contributed by atoms with Crippen molar-refractivity contribution in [3.63, 3.8) is 0 Å². The van der Waals surface area contributed by atoms with E-state index >= 15 is 0 Å². The van der Waals surface area contributed by atoms with E-state index in [2.05, 4.69) is 0 Å². The minimum absolute atomic E-state index is 0.0992. The number of aliphatic carboxylic acids is 1. The second-order valence-corrected chi connectivity index (χ2v) is 7.86. The van der Waals surface area contributed by atoms with Crippen molar-refractivity contribution in [2.75, 3.05) is 0 Å². The Morgan fingerprint density at radius 2 is 1.67 bits per heavy atom. The molecule has 0 aliphatic carbocycles. The number of nitrogens with zero attached hydrogens (tertiary/aromatic N) is 1. The summed E-state index contributed by atoms with van der Waals surface area (Å²) in [5.41, 5.74) is -3.01. The van der Waals surface area contributed by atoms with Gasteiger partial charge in [-0.05, 0) is 40.0 Å². The lowest BCUT2D eigenvalue weighted by molar-refractivity contribution is -0.148. The molecule has 0 aliphatic heterocycles. The van der Waals surface area contributed by atoms with E-state index in [0.29, 0.717) is 0 Å². The first-order valence-corrected chi connectivity index (χ1v) is 7.91. The fourth-order valence-corrected chi connectivity index (χ4v) is 2.90. The number of hydrogen-bond donors (Lipinski definition) is 2. The van der Waals surface area contributed by atoms with Crippen LogP contribution in [-0.4, -0.2) is 41.0 Å². The Bertz CT molecular complexity index is 508. The maximum absolute atomic E-state index is 12.1. The van der Waals surface area contributed by atoms with Gasteiger partial charge in [0.2, 0.25) is 0 Å². The topological polar surface area (TPSA) is 127 Å². The van der Waals surface area contributed by atoms with E-state index in [1.807, 2.05) is 0 Å². The Kier molecular flexibility index (Phi) is 5.79. The summed E-state index contributed by atoms with van der Waals surface area (Å²) in [6.45, 7) is 9.14. The molecule has 0 aliphatic rings. The van der Waals surface area contributed by atoms with Gasteiger partial charge in [-0.1, -0.05) is 13.8 Å². The largest absolute Gasteiger partial charge is 0.479 e. The molecule has 0 saturated carbocycles. The maximum Gasteiger partial charge on any atom is 0.426 e. The molecule has 0 aromatic rings. The van der Waals surface area contributed by atoms with Gasteiger partial charge in [0.25, 0.3) is 0 Å². The summed E-state index contributed by atoms with van der Waals surface area (Å²) in [5, 5.41) is 14.4. The van der Waals surface area contributed by atoms with Gasteiger partial charge in [-0.15, -0.1) is 0 Å². The molecule has 0 aromatic carbocycles. The number of amides is 1. The predicted molar refractivity (Wildman–Crippen MR) is 76.7 cm³/mol. The third-order valence-corrected chi connectivity index (χ3v) is 3.59. The van der Waals surface area contributed by atoms with Gasteiger partial charge in [0.15, 0.2) is 5.54 Å². The van der Waals surface area contributed by atoms with E-state index in [4.69, 9.17) is 9.88 Å². The summed E-state index contributed by atoms with van der Waals surface area (Å²) in [7, 11) is -4.61. The molecule has 9 heteroatoms. The second kappa shape index (κ2) is 6.18. The number of carbonyl (C=O) groups is 2. The second-order valence-electron chi connectivity index (χ2n) is 6.47. The minimum atomic E-state index is -4.61. The lowest BCUT2D eigenvalue weighted by Crippen LogP contribution is -2.60. The molecular formula is C12H24N2O6S. The van der Waals surface area contributed by atoms with Crippen LogP contribution in [0.3, 0.4) is 0 Å². The monoisotopic (exact) mass is 324 g/mol. The van der Waals surface area contributed by atoms with Gasteiger partial charge < -0.3 is 9.84 Å². The zero-order valence-electron chi connectivity index (χ0n) is 13.2. The molecule has 21 heavy (non-hydrogen) atoms. The molecule has 0 aromatic heterocycles. The zero-order valence-corrected chi connectivity index (χ0v) is 14.0. The number of carbonyl (C=O) groups excluding carboxylic acids is 1. The van der Waals surface area contributed by atoms with Gasteiger partial charge in [0.05, 0.1) is 0 Å². The highest BCUT2D eigenvalue weighted by atomic mass is 32.2. The van der Waals surface area contributed by atoms with Crippen LogP contribution >= 0.6 is 0 Å². The standard InChI is InChI=1S/C12H24N2O6S/c1-8(2)7-12(6,9(15)16)14(21(13,18)19)10(17)20-11(3,4)5/h8H,7H2,1-6H3,(H,15,16)(H2,13,18,19). The van der Waals surface area contributed by atoms with Gasteiger partial charge >= 0.3 is 22.3 Å². The molecular weight excluding hydrogens is 300 g/mol. The molecule has 0 radical (unpaired) electrons. The lowest BCUT2D eigenvalue weighted by atomic mass is 9.91. The number of rotatable bonds is 5. The van der Waals surface area contributed by atoms with Crippen molar-refractivity contribution in [3.8, 4) is 0 Å². The fourth-order valence-electron chi connectivity index (χ4n) is 1.94. The van der Waals surface area contributed by atoms with Crippen molar-refractivity contribution in [1.29, 1.82) is 0 Å². The molecule has 0 fully saturated rings. The third kappa shape index (κ3) is 5.50. The quantitative estimate of drug-likeness (QED) is 0.785. The number of carboxylic acids is 1.